The summed E-state index contributed by atoms with van der Waals surface area (Å²) in [4.78, 5) is 0. The SMILES string of the molecule is C1=CCCCCCCC(C23CCCCCCCCCCCCCCC2O3)CCCCCCCC1. The third-order valence-corrected chi connectivity index (χ3v) is 9.34. The predicted molar refractivity (Wildman–Crippen MR) is 150 cm³/mol. The Morgan fingerprint density at radius 3 is 1.29 bits per heavy atom. The molecule has 1 saturated heterocycles. The van der Waals surface area contributed by atoms with E-state index in [4.69, 9.17) is 4.74 Å². The summed E-state index contributed by atoms with van der Waals surface area (Å²) in [5.41, 5.74) is 0.280. The topological polar surface area (TPSA) is 12.5 Å². The Labute approximate surface area is 214 Å². The zero-order valence-electron chi connectivity index (χ0n) is 23.0. The average Bonchev–Trinajstić information content (AvgIpc) is 3.54. The molecular weight excluding hydrogens is 412 g/mol. The summed E-state index contributed by atoms with van der Waals surface area (Å²) in [5, 5.41) is 0. The molecule has 3 atom stereocenters. The highest BCUT2D eigenvalue weighted by Crippen LogP contribution is 2.53. The molecule has 3 aliphatic rings. The van der Waals surface area contributed by atoms with E-state index in [1.807, 2.05) is 0 Å². The Balaban J connectivity index is 1.54. The summed E-state index contributed by atoms with van der Waals surface area (Å²) in [6.45, 7) is 0. The fourth-order valence-corrected chi connectivity index (χ4v) is 7.05. The van der Waals surface area contributed by atoms with Crippen LogP contribution in [-0.2, 0) is 4.74 Å². The number of hydrogen-bond donors (Lipinski definition) is 0. The Kier molecular flexibility index (Phi) is 15.0. The van der Waals surface area contributed by atoms with E-state index in [1.54, 1.807) is 0 Å². The van der Waals surface area contributed by atoms with Crippen LogP contribution >= 0.6 is 0 Å². The fraction of sp³-hybridized carbons (Fsp3) is 0.939. The van der Waals surface area contributed by atoms with Crippen LogP contribution in [0.1, 0.15) is 180 Å². The predicted octanol–water partition coefficient (Wildman–Crippen LogP) is 11.2. The Bertz CT molecular complexity index is 511. The van der Waals surface area contributed by atoms with Crippen LogP contribution in [0.5, 0.6) is 0 Å². The lowest BCUT2D eigenvalue weighted by Gasteiger charge is -2.26. The maximum Gasteiger partial charge on any atom is 0.0976 e. The Morgan fingerprint density at radius 1 is 0.412 bits per heavy atom. The van der Waals surface area contributed by atoms with Gasteiger partial charge in [0.2, 0.25) is 0 Å². The normalized spacial score (nSPS) is 33.4. The lowest BCUT2D eigenvalue weighted by atomic mass is 9.77. The zero-order valence-corrected chi connectivity index (χ0v) is 23.0. The number of ether oxygens (including phenoxy) is 1. The molecule has 0 bridgehead atoms. The minimum atomic E-state index is 0.280. The van der Waals surface area contributed by atoms with Crippen LogP contribution in [-0.4, -0.2) is 11.7 Å². The van der Waals surface area contributed by atoms with Gasteiger partial charge in [-0.2, -0.15) is 0 Å². The van der Waals surface area contributed by atoms with Crippen molar-refractivity contribution in [3.63, 3.8) is 0 Å². The summed E-state index contributed by atoms with van der Waals surface area (Å²) in [6, 6.07) is 0. The van der Waals surface area contributed by atoms with Gasteiger partial charge in [-0.3, -0.25) is 0 Å². The molecule has 1 aliphatic heterocycles. The van der Waals surface area contributed by atoms with Crippen molar-refractivity contribution in [1.82, 2.24) is 0 Å². The largest absolute Gasteiger partial charge is 0.366 e. The molecule has 1 nitrogen and oxygen atoms in total. The first-order chi connectivity index (χ1) is 16.9. The van der Waals surface area contributed by atoms with E-state index in [0.717, 1.165) is 5.92 Å². The molecule has 2 fully saturated rings. The van der Waals surface area contributed by atoms with Crippen molar-refractivity contribution in [2.24, 2.45) is 5.92 Å². The highest BCUT2D eigenvalue weighted by atomic mass is 16.6. The van der Waals surface area contributed by atoms with Gasteiger partial charge in [-0.25, -0.2) is 0 Å². The van der Waals surface area contributed by atoms with Gasteiger partial charge in [0.05, 0.1) is 11.7 Å². The molecule has 0 aromatic carbocycles. The van der Waals surface area contributed by atoms with E-state index < -0.39 is 0 Å². The van der Waals surface area contributed by atoms with Gasteiger partial charge in [0.25, 0.3) is 0 Å². The molecule has 1 heteroatoms. The molecule has 34 heavy (non-hydrogen) atoms. The van der Waals surface area contributed by atoms with Gasteiger partial charge in [-0.15, -0.1) is 0 Å². The van der Waals surface area contributed by atoms with E-state index in [0.29, 0.717) is 6.10 Å². The molecule has 3 rings (SSSR count). The number of hydrogen-bond acceptors (Lipinski definition) is 1. The van der Waals surface area contributed by atoms with Crippen molar-refractivity contribution in [2.75, 3.05) is 0 Å². The summed E-state index contributed by atoms with van der Waals surface area (Å²) in [5.74, 6) is 0.840. The quantitative estimate of drug-likeness (QED) is 0.273. The third-order valence-electron chi connectivity index (χ3n) is 9.34. The van der Waals surface area contributed by atoms with Crippen LogP contribution in [0, 0.1) is 5.92 Å². The second-order valence-corrected chi connectivity index (χ2v) is 12.2. The van der Waals surface area contributed by atoms with E-state index in [9.17, 15) is 0 Å². The number of allylic oxidation sites excluding steroid dienone is 2. The molecule has 1 saturated carbocycles. The van der Waals surface area contributed by atoms with Crippen LogP contribution in [0.4, 0.5) is 0 Å². The fourth-order valence-electron chi connectivity index (χ4n) is 7.05. The molecule has 0 spiro atoms. The minimum absolute atomic E-state index is 0.280. The summed E-state index contributed by atoms with van der Waals surface area (Å²) < 4.78 is 6.78. The lowest BCUT2D eigenvalue weighted by molar-refractivity contribution is 0.173. The molecule has 0 radical (unpaired) electrons. The van der Waals surface area contributed by atoms with Crippen molar-refractivity contribution in [2.45, 2.75) is 191 Å². The molecular formula is C33H60O. The highest BCUT2D eigenvalue weighted by Gasteiger charge is 2.58. The van der Waals surface area contributed by atoms with Crippen molar-refractivity contribution in [3.8, 4) is 0 Å². The first kappa shape index (κ1) is 28.3. The van der Waals surface area contributed by atoms with Gasteiger partial charge in [-0.05, 0) is 57.3 Å². The first-order valence-electron chi connectivity index (χ1n) is 16.2. The summed E-state index contributed by atoms with van der Waals surface area (Å²) in [6.07, 6.45) is 45.5. The van der Waals surface area contributed by atoms with Gasteiger partial charge >= 0.3 is 0 Å². The van der Waals surface area contributed by atoms with Crippen molar-refractivity contribution < 1.29 is 4.74 Å². The Hall–Kier alpha value is -0.300. The van der Waals surface area contributed by atoms with Gasteiger partial charge in [0.1, 0.15) is 0 Å². The summed E-state index contributed by atoms with van der Waals surface area (Å²) in [7, 11) is 0. The molecule has 0 aromatic rings. The smallest absolute Gasteiger partial charge is 0.0976 e. The molecule has 0 amide bonds. The van der Waals surface area contributed by atoms with Crippen LogP contribution in [0.15, 0.2) is 12.2 Å². The summed E-state index contributed by atoms with van der Waals surface area (Å²) >= 11 is 0. The van der Waals surface area contributed by atoms with Gasteiger partial charge < -0.3 is 4.74 Å². The maximum atomic E-state index is 6.78. The van der Waals surface area contributed by atoms with Gasteiger partial charge in [0.15, 0.2) is 0 Å². The van der Waals surface area contributed by atoms with E-state index in [-0.39, 0.29) is 5.60 Å². The molecule has 0 N–H and O–H groups in total. The zero-order chi connectivity index (χ0) is 23.6. The van der Waals surface area contributed by atoms with Crippen LogP contribution in [0.3, 0.4) is 0 Å². The van der Waals surface area contributed by atoms with Gasteiger partial charge in [0, 0.05) is 0 Å². The highest BCUT2D eigenvalue weighted by molar-refractivity contribution is 5.06. The number of fused-ring (bicyclic) bond motifs is 1. The van der Waals surface area contributed by atoms with Crippen LogP contribution in [0.2, 0.25) is 0 Å². The second kappa shape index (κ2) is 18.0. The average molecular weight is 473 g/mol. The van der Waals surface area contributed by atoms with Crippen molar-refractivity contribution in [1.29, 1.82) is 0 Å². The molecule has 198 valence electrons. The third kappa shape index (κ3) is 11.2. The molecule has 0 aromatic heterocycles. The second-order valence-electron chi connectivity index (χ2n) is 12.2. The number of rotatable bonds is 1. The minimum Gasteiger partial charge on any atom is -0.366 e. The molecule has 2 aliphatic carbocycles. The monoisotopic (exact) mass is 472 g/mol. The standard InChI is InChI=1S/C33H60O/c1-2-4-8-12-16-20-24-28-31(27-23-19-15-11-7-3-1)33-30-26-22-18-14-10-6-5-9-13-17-21-25-29-32(33)34-33/h1,3,31-32H,2,4-30H2. The van der Waals surface area contributed by atoms with Crippen LogP contribution < -0.4 is 0 Å². The first-order valence-corrected chi connectivity index (χ1v) is 16.2. The van der Waals surface area contributed by atoms with Crippen molar-refractivity contribution in [3.05, 3.63) is 12.2 Å². The number of epoxide rings is 1. The molecule has 3 unspecified atom stereocenters. The maximum absolute atomic E-state index is 6.78. The van der Waals surface area contributed by atoms with E-state index >= 15 is 0 Å². The Morgan fingerprint density at radius 2 is 0.794 bits per heavy atom. The van der Waals surface area contributed by atoms with Crippen molar-refractivity contribution >= 4 is 0 Å². The molecule has 1 heterocycles. The van der Waals surface area contributed by atoms with Gasteiger partial charge in [-0.1, -0.05) is 141 Å². The van der Waals surface area contributed by atoms with Crippen LogP contribution in [0.25, 0.3) is 0 Å². The van der Waals surface area contributed by atoms with E-state index in [2.05, 4.69) is 12.2 Å². The van der Waals surface area contributed by atoms with E-state index in [1.165, 1.54) is 180 Å². The lowest BCUT2D eigenvalue weighted by Crippen LogP contribution is -2.28.